The van der Waals surface area contributed by atoms with Crippen molar-refractivity contribution in [3.05, 3.63) is 59.7 Å². The summed E-state index contributed by atoms with van der Waals surface area (Å²) >= 11 is 4.81. The molecule has 0 aliphatic carbocycles. The third-order valence-corrected chi connectivity index (χ3v) is 5.67. The summed E-state index contributed by atoms with van der Waals surface area (Å²) in [5, 5.41) is 19.7. The highest BCUT2D eigenvalue weighted by Gasteiger charge is 2.44. The number of aromatic nitrogens is 1. The Morgan fingerprint density at radius 3 is 2.48 bits per heavy atom. The van der Waals surface area contributed by atoms with Crippen LogP contribution < -0.4 is 5.73 Å². The molecule has 1 aliphatic heterocycles. The highest BCUT2D eigenvalue weighted by atomic mass is 32.1. The summed E-state index contributed by atoms with van der Waals surface area (Å²) in [5.41, 5.74) is 8.76. The van der Waals surface area contributed by atoms with Crippen LogP contribution in [0.5, 0.6) is 5.88 Å². The molecule has 0 bridgehead atoms. The fraction of sp³-hybridized carbons (Fsp3) is 0.286. The van der Waals surface area contributed by atoms with E-state index in [4.69, 9.17) is 18.0 Å². The first-order chi connectivity index (χ1) is 12.8. The van der Waals surface area contributed by atoms with Crippen LogP contribution in [-0.2, 0) is 11.0 Å². The summed E-state index contributed by atoms with van der Waals surface area (Å²) in [5.74, 6) is 0.0950. The SMILES string of the molecule is CC1(C)C[C@](C)(c2ccccc2)c2cccc3c(N=NC(N)=S)c(O)n1c23. The lowest BCUT2D eigenvalue weighted by atomic mass is 9.66. The molecular weight excluding hydrogens is 356 g/mol. The van der Waals surface area contributed by atoms with Gasteiger partial charge < -0.3 is 15.4 Å². The maximum Gasteiger partial charge on any atom is 0.221 e. The third kappa shape index (κ3) is 2.55. The van der Waals surface area contributed by atoms with E-state index in [0.29, 0.717) is 5.69 Å². The van der Waals surface area contributed by atoms with E-state index in [0.717, 1.165) is 22.9 Å². The Kier molecular flexibility index (Phi) is 3.85. The molecule has 0 fully saturated rings. The number of aromatic hydroxyl groups is 1. The molecule has 1 aliphatic rings. The van der Waals surface area contributed by atoms with Gasteiger partial charge in [0.1, 0.15) is 0 Å². The number of nitrogens with zero attached hydrogens (tertiary/aromatic N) is 3. The molecule has 4 rings (SSSR count). The average Bonchev–Trinajstić information content (AvgIpc) is 2.91. The molecule has 0 amide bonds. The number of thiocarbonyl (C=S) groups is 1. The van der Waals surface area contributed by atoms with E-state index in [9.17, 15) is 5.11 Å². The first-order valence-electron chi connectivity index (χ1n) is 8.90. The van der Waals surface area contributed by atoms with Gasteiger partial charge in [-0.25, -0.2) is 0 Å². The van der Waals surface area contributed by atoms with Gasteiger partial charge in [-0.05, 0) is 43.6 Å². The van der Waals surface area contributed by atoms with Crippen LogP contribution in [0.25, 0.3) is 10.9 Å². The van der Waals surface area contributed by atoms with Crippen molar-refractivity contribution in [1.82, 2.24) is 4.57 Å². The summed E-state index contributed by atoms with van der Waals surface area (Å²) in [6.45, 7) is 6.54. The molecule has 3 aromatic rings. The Morgan fingerprint density at radius 1 is 1.11 bits per heavy atom. The molecule has 3 N–H and O–H groups in total. The Morgan fingerprint density at radius 2 is 1.81 bits per heavy atom. The van der Waals surface area contributed by atoms with Gasteiger partial charge in [0.2, 0.25) is 11.0 Å². The second-order valence-corrected chi connectivity index (χ2v) is 8.35. The summed E-state index contributed by atoms with van der Waals surface area (Å²) < 4.78 is 1.97. The summed E-state index contributed by atoms with van der Waals surface area (Å²) in [7, 11) is 0. The van der Waals surface area contributed by atoms with Gasteiger partial charge in [-0.1, -0.05) is 55.5 Å². The number of para-hydroxylation sites is 1. The minimum Gasteiger partial charge on any atom is -0.493 e. The zero-order chi connectivity index (χ0) is 19.4. The fourth-order valence-corrected chi connectivity index (χ4v) is 4.68. The summed E-state index contributed by atoms with van der Waals surface area (Å²) in [6, 6.07) is 16.6. The summed E-state index contributed by atoms with van der Waals surface area (Å²) in [4.78, 5) is 0. The lowest BCUT2D eigenvalue weighted by molar-refractivity contribution is 0.236. The smallest absolute Gasteiger partial charge is 0.221 e. The number of nitrogens with two attached hydrogens (primary N) is 1. The highest BCUT2D eigenvalue weighted by Crippen LogP contribution is 2.54. The Balaban J connectivity index is 2.09. The van der Waals surface area contributed by atoms with Crippen molar-refractivity contribution >= 4 is 33.9 Å². The number of rotatable bonds is 2. The van der Waals surface area contributed by atoms with Gasteiger partial charge in [0, 0.05) is 16.3 Å². The molecule has 0 saturated carbocycles. The van der Waals surface area contributed by atoms with Crippen molar-refractivity contribution in [2.24, 2.45) is 16.0 Å². The van der Waals surface area contributed by atoms with E-state index in [1.54, 1.807) is 0 Å². The van der Waals surface area contributed by atoms with Crippen molar-refractivity contribution in [2.45, 2.75) is 38.1 Å². The minimum absolute atomic E-state index is 0.0605. The molecule has 6 heteroatoms. The van der Waals surface area contributed by atoms with Crippen LogP contribution in [0.3, 0.4) is 0 Å². The monoisotopic (exact) mass is 378 g/mol. The topological polar surface area (TPSA) is 75.9 Å². The van der Waals surface area contributed by atoms with Crippen molar-refractivity contribution in [1.29, 1.82) is 0 Å². The van der Waals surface area contributed by atoms with E-state index in [-0.39, 0.29) is 21.9 Å². The second-order valence-electron chi connectivity index (χ2n) is 7.93. The molecule has 2 heterocycles. The van der Waals surface area contributed by atoms with E-state index < -0.39 is 0 Å². The van der Waals surface area contributed by atoms with E-state index in [2.05, 4.69) is 61.3 Å². The Bertz CT molecular complexity index is 1080. The molecule has 1 atom stereocenters. The van der Waals surface area contributed by atoms with Gasteiger partial charge >= 0.3 is 0 Å². The van der Waals surface area contributed by atoms with Crippen molar-refractivity contribution in [2.75, 3.05) is 0 Å². The van der Waals surface area contributed by atoms with Crippen LogP contribution >= 0.6 is 12.2 Å². The quantitative estimate of drug-likeness (QED) is 0.480. The van der Waals surface area contributed by atoms with Gasteiger partial charge in [0.15, 0.2) is 5.69 Å². The van der Waals surface area contributed by atoms with Gasteiger partial charge in [-0.15, -0.1) is 10.2 Å². The molecule has 5 nitrogen and oxygen atoms in total. The zero-order valence-electron chi connectivity index (χ0n) is 15.6. The molecule has 0 radical (unpaired) electrons. The number of hydrogen-bond donors (Lipinski definition) is 2. The lowest BCUT2D eigenvalue weighted by Crippen LogP contribution is -2.41. The van der Waals surface area contributed by atoms with Crippen LogP contribution in [0.1, 0.15) is 38.3 Å². The Labute approximate surface area is 163 Å². The van der Waals surface area contributed by atoms with Crippen molar-refractivity contribution in [3.63, 3.8) is 0 Å². The molecule has 0 spiro atoms. The molecule has 138 valence electrons. The van der Waals surface area contributed by atoms with Gasteiger partial charge in [0.05, 0.1) is 5.52 Å². The molecule has 0 unspecified atom stereocenters. The van der Waals surface area contributed by atoms with E-state index >= 15 is 0 Å². The standard InChI is InChI=1S/C21H22N4OS/c1-20(2)12-21(3,13-8-5-4-6-9-13)15-11-7-10-14-16(23-24-19(22)27)18(26)25(20)17(14)15/h4-11,26H,12H2,1-3H3,(H2,22,27)/t21-/m1/s1. The van der Waals surface area contributed by atoms with Crippen LogP contribution in [0, 0.1) is 0 Å². The van der Waals surface area contributed by atoms with Gasteiger partial charge in [0.25, 0.3) is 0 Å². The average molecular weight is 379 g/mol. The van der Waals surface area contributed by atoms with Crippen LogP contribution in [0.4, 0.5) is 5.69 Å². The number of hydrogen-bond acceptors (Lipinski definition) is 3. The lowest BCUT2D eigenvalue weighted by Gasteiger charge is -2.45. The normalized spacial score (nSPS) is 21.0. The third-order valence-electron chi connectivity index (χ3n) is 5.58. The van der Waals surface area contributed by atoms with Crippen LogP contribution in [-0.4, -0.2) is 14.8 Å². The van der Waals surface area contributed by atoms with Crippen LogP contribution in [0.2, 0.25) is 0 Å². The fourth-order valence-electron chi connectivity index (χ4n) is 4.64. The predicted octanol–water partition coefficient (Wildman–Crippen LogP) is 5.12. The maximum absolute atomic E-state index is 11.0. The number of azo groups is 1. The second kappa shape index (κ2) is 5.89. The zero-order valence-corrected chi connectivity index (χ0v) is 16.4. The molecule has 1 aromatic heterocycles. The van der Waals surface area contributed by atoms with Gasteiger partial charge in [-0.3, -0.25) is 0 Å². The van der Waals surface area contributed by atoms with E-state index in [1.165, 1.54) is 5.56 Å². The van der Waals surface area contributed by atoms with Crippen molar-refractivity contribution < 1.29 is 5.11 Å². The predicted molar refractivity (Wildman–Crippen MR) is 112 cm³/mol. The first-order valence-corrected chi connectivity index (χ1v) is 9.30. The molecular formula is C21H22N4OS. The van der Waals surface area contributed by atoms with Crippen LogP contribution in [0.15, 0.2) is 58.8 Å². The highest BCUT2D eigenvalue weighted by molar-refractivity contribution is 7.80. The number of benzene rings is 2. The first kappa shape index (κ1) is 17.7. The van der Waals surface area contributed by atoms with Gasteiger partial charge in [-0.2, -0.15) is 0 Å². The Hall–Kier alpha value is -2.73. The minimum atomic E-state index is -0.321. The summed E-state index contributed by atoms with van der Waals surface area (Å²) in [6.07, 6.45) is 0.838. The van der Waals surface area contributed by atoms with Crippen molar-refractivity contribution in [3.8, 4) is 5.88 Å². The maximum atomic E-state index is 11.0. The molecule has 0 saturated heterocycles. The molecule has 2 aromatic carbocycles. The largest absolute Gasteiger partial charge is 0.493 e. The van der Waals surface area contributed by atoms with E-state index in [1.807, 2.05) is 22.8 Å². The molecule has 27 heavy (non-hydrogen) atoms.